The Morgan fingerprint density at radius 1 is 0.923 bits per heavy atom. The fourth-order valence-corrected chi connectivity index (χ4v) is 2.62. The zero-order valence-corrected chi connectivity index (χ0v) is 15.2. The van der Waals surface area contributed by atoms with Crippen molar-refractivity contribution in [2.45, 2.75) is 23.7 Å². The third kappa shape index (κ3) is 5.77. The molecule has 0 radical (unpaired) electrons. The highest BCUT2D eigenvalue weighted by molar-refractivity contribution is 9.09. The van der Waals surface area contributed by atoms with Crippen LogP contribution in [0.25, 0.3) is 0 Å². The molecule has 26 heavy (non-hydrogen) atoms. The fraction of sp³-hybridized carbons (Fsp3) is 0.211. The molecule has 2 rings (SSSR count). The first kappa shape index (κ1) is 19.8. The monoisotopic (exact) mass is 422 g/mol. The smallest absolute Gasteiger partial charge is 0.341 e. The number of benzene rings is 2. The average Bonchev–Trinajstić information content (AvgIpc) is 2.68. The summed E-state index contributed by atoms with van der Waals surface area (Å²) < 4.78 is 23.8. The zero-order chi connectivity index (χ0) is 18.9. The Labute approximate surface area is 158 Å². The Hall–Kier alpha value is -2.54. The quantitative estimate of drug-likeness (QED) is 0.280. The Bertz CT molecular complexity index is 685. The van der Waals surface area contributed by atoms with E-state index in [2.05, 4.69) is 15.9 Å². The average molecular weight is 423 g/mol. The minimum Gasteiger partial charge on any atom is -0.420 e. The second-order valence-corrected chi connectivity index (χ2v) is 6.49. The molecule has 0 heterocycles. The SMILES string of the molecule is O=C[C@@H](F)C[C@H](Br)C(OC(=O)c1ccccc1)OC(=O)c1ccccc1. The van der Waals surface area contributed by atoms with Crippen molar-refractivity contribution in [3.8, 4) is 0 Å². The van der Waals surface area contributed by atoms with Gasteiger partial charge in [-0.25, -0.2) is 14.0 Å². The number of rotatable bonds is 8. The second kappa shape index (κ2) is 9.82. The van der Waals surface area contributed by atoms with E-state index in [1.165, 1.54) is 24.3 Å². The highest BCUT2D eigenvalue weighted by Crippen LogP contribution is 2.21. The first-order valence-electron chi connectivity index (χ1n) is 7.76. The van der Waals surface area contributed by atoms with Gasteiger partial charge in [0.1, 0.15) is 0 Å². The number of hydrogen-bond acceptors (Lipinski definition) is 5. The van der Waals surface area contributed by atoms with Crippen LogP contribution < -0.4 is 0 Å². The van der Waals surface area contributed by atoms with Gasteiger partial charge in [0.15, 0.2) is 12.5 Å². The molecule has 7 heteroatoms. The first-order chi connectivity index (χ1) is 12.5. The van der Waals surface area contributed by atoms with E-state index in [0.29, 0.717) is 0 Å². The lowest BCUT2D eigenvalue weighted by Crippen LogP contribution is -2.34. The Morgan fingerprint density at radius 3 is 1.73 bits per heavy atom. The molecule has 0 N–H and O–H groups in total. The summed E-state index contributed by atoms with van der Waals surface area (Å²) in [6.45, 7) is 0. The molecule has 5 nitrogen and oxygen atoms in total. The minimum absolute atomic E-state index is 0.128. The van der Waals surface area contributed by atoms with Gasteiger partial charge in [-0.2, -0.15) is 0 Å². The van der Waals surface area contributed by atoms with E-state index in [9.17, 15) is 18.8 Å². The number of aldehydes is 1. The van der Waals surface area contributed by atoms with Crippen LogP contribution in [-0.2, 0) is 14.3 Å². The van der Waals surface area contributed by atoms with Gasteiger partial charge in [0.25, 0.3) is 6.29 Å². The normalized spacial score (nSPS) is 12.9. The van der Waals surface area contributed by atoms with Crippen molar-refractivity contribution in [2.24, 2.45) is 0 Å². The summed E-state index contributed by atoms with van der Waals surface area (Å²) in [5, 5.41) is 0. The molecular weight excluding hydrogens is 407 g/mol. The Kier molecular flexibility index (Phi) is 7.47. The highest BCUT2D eigenvalue weighted by Gasteiger charge is 2.30. The minimum atomic E-state index is -1.78. The molecule has 0 saturated heterocycles. The molecule has 0 fully saturated rings. The molecule has 0 aliphatic heterocycles. The summed E-state index contributed by atoms with van der Waals surface area (Å²) in [6, 6.07) is 16.2. The van der Waals surface area contributed by atoms with Gasteiger partial charge in [-0.05, 0) is 24.3 Å². The standard InChI is InChI=1S/C19H16BrFO5/c20-16(11-15(21)12-22)19(25-17(23)13-7-3-1-4-8-13)26-18(24)14-9-5-2-6-10-14/h1-10,12,15-16,19H,11H2/t15-,16-/m0/s1. The summed E-state index contributed by atoms with van der Waals surface area (Å²) in [4.78, 5) is 34.1. The van der Waals surface area contributed by atoms with Crippen LogP contribution in [0.1, 0.15) is 27.1 Å². The van der Waals surface area contributed by atoms with Crippen LogP contribution in [0.2, 0.25) is 0 Å². The molecule has 136 valence electrons. The van der Waals surface area contributed by atoms with E-state index in [1.54, 1.807) is 36.4 Å². The van der Waals surface area contributed by atoms with Gasteiger partial charge in [0.05, 0.1) is 16.0 Å². The summed E-state index contributed by atoms with van der Waals surface area (Å²) in [6.07, 6.45) is -3.39. The number of halogens is 2. The third-order valence-electron chi connectivity index (χ3n) is 3.36. The van der Waals surface area contributed by atoms with E-state index in [4.69, 9.17) is 9.47 Å². The first-order valence-corrected chi connectivity index (χ1v) is 8.68. The van der Waals surface area contributed by atoms with Gasteiger partial charge in [0, 0.05) is 6.42 Å². The van der Waals surface area contributed by atoms with Gasteiger partial charge in [-0.15, -0.1) is 0 Å². The van der Waals surface area contributed by atoms with E-state index < -0.39 is 29.2 Å². The van der Waals surface area contributed by atoms with Gasteiger partial charge >= 0.3 is 11.9 Å². The van der Waals surface area contributed by atoms with Crippen LogP contribution in [0.3, 0.4) is 0 Å². The van der Waals surface area contributed by atoms with Crippen LogP contribution in [0.15, 0.2) is 60.7 Å². The molecular formula is C19H16BrFO5. The van der Waals surface area contributed by atoms with Crippen molar-refractivity contribution in [1.82, 2.24) is 0 Å². The topological polar surface area (TPSA) is 69.7 Å². The lowest BCUT2D eigenvalue weighted by molar-refractivity contribution is -0.113. The maximum atomic E-state index is 13.4. The van der Waals surface area contributed by atoms with Crippen molar-refractivity contribution in [1.29, 1.82) is 0 Å². The molecule has 0 spiro atoms. The number of hydrogen-bond donors (Lipinski definition) is 0. The maximum absolute atomic E-state index is 13.4. The number of carbonyl (C=O) groups is 3. The lowest BCUT2D eigenvalue weighted by Gasteiger charge is -2.23. The van der Waals surface area contributed by atoms with Gasteiger partial charge < -0.3 is 14.3 Å². The highest BCUT2D eigenvalue weighted by atomic mass is 79.9. The van der Waals surface area contributed by atoms with E-state index >= 15 is 0 Å². The molecule has 0 amide bonds. The zero-order valence-electron chi connectivity index (χ0n) is 13.6. The third-order valence-corrected chi connectivity index (χ3v) is 4.16. The predicted octanol–water partition coefficient (Wildman–Crippen LogP) is 3.72. The molecule has 0 aliphatic carbocycles. The Morgan fingerprint density at radius 2 is 1.35 bits per heavy atom. The predicted molar refractivity (Wildman–Crippen MR) is 95.8 cm³/mol. The summed E-state index contributed by atoms with van der Waals surface area (Å²) in [7, 11) is 0. The number of alkyl halides is 2. The molecule has 2 aromatic carbocycles. The van der Waals surface area contributed by atoms with E-state index in [1.807, 2.05) is 0 Å². The van der Waals surface area contributed by atoms with Crippen LogP contribution in [-0.4, -0.2) is 35.5 Å². The molecule has 0 aliphatic rings. The van der Waals surface area contributed by atoms with Crippen molar-refractivity contribution < 1.29 is 28.2 Å². The van der Waals surface area contributed by atoms with Crippen molar-refractivity contribution in [3.63, 3.8) is 0 Å². The molecule has 0 saturated carbocycles. The van der Waals surface area contributed by atoms with Crippen LogP contribution >= 0.6 is 15.9 Å². The second-order valence-electron chi connectivity index (χ2n) is 5.31. The maximum Gasteiger partial charge on any atom is 0.341 e. The van der Waals surface area contributed by atoms with Crippen LogP contribution in [0, 0.1) is 0 Å². The molecule has 2 atom stereocenters. The number of carbonyl (C=O) groups excluding carboxylic acids is 3. The van der Waals surface area contributed by atoms with Gasteiger partial charge in [0.2, 0.25) is 0 Å². The summed E-state index contributed by atoms with van der Waals surface area (Å²) >= 11 is 3.13. The van der Waals surface area contributed by atoms with Gasteiger partial charge in [-0.3, -0.25) is 0 Å². The lowest BCUT2D eigenvalue weighted by atomic mass is 10.2. The van der Waals surface area contributed by atoms with Crippen molar-refractivity contribution in [3.05, 3.63) is 71.8 Å². The van der Waals surface area contributed by atoms with Crippen LogP contribution in [0.4, 0.5) is 4.39 Å². The molecule has 0 bridgehead atoms. The largest absolute Gasteiger partial charge is 0.420 e. The number of esters is 2. The van der Waals surface area contributed by atoms with Crippen molar-refractivity contribution in [2.75, 3.05) is 0 Å². The van der Waals surface area contributed by atoms with E-state index in [-0.39, 0.29) is 23.8 Å². The number of ether oxygens (including phenoxy) is 2. The Balaban J connectivity index is 2.14. The summed E-state index contributed by atoms with van der Waals surface area (Å²) in [5.74, 6) is -1.47. The van der Waals surface area contributed by atoms with Crippen molar-refractivity contribution >= 4 is 34.2 Å². The van der Waals surface area contributed by atoms with E-state index in [0.717, 1.165) is 0 Å². The van der Waals surface area contributed by atoms with Crippen LogP contribution in [0.5, 0.6) is 0 Å². The molecule has 0 unspecified atom stereocenters. The summed E-state index contributed by atoms with van der Waals surface area (Å²) in [5.41, 5.74) is 0.500. The fourth-order valence-electron chi connectivity index (χ4n) is 2.05. The van der Waals surface area contributed by atoms with Gasteiger partial charge in [-0.1, -0.05) is 52.3 Å². The molecule has 2 aromatic rings. The molecule has 0 aromatic heterocycles.